The van der Waals surface area contributed by atoms with Gasteiger partial charge in [0, 0.05) is 0 Å². The van der Waals surface area contributed by atoms with Gasteiger partial charge in [-0.05, 0) is 6.92 Å². The zero-order valence-electron chi connectivity index (χ0n) is 7.77. The largest absolute Gasteiger partial charge is 0.480 e. The molecule has 0 aromatic carbocycles. The minimum atomic E-state index is -1.58. The van der Waals surface area contributed by atoms with E-state index in [-0.39, 0.29) is 13.1 Å². The molecule has 0 radical (unpaired) electrons. The molecule has 0 fully saturated rings. The fraction of sp³-hybridized carbons (Fsp3) is 0.625. The first kappa shape index (κ1) is 12.4. The lowest BCUT2D eigenvalue weighted by Gasteiger charge is -2.32. The van der Waals surface area contributed by atoms with E-state index in [9.17, 15) is 4.79 Å². The molecule has 2 N–H and O–H groups in total. The van der Waals surface area contributed by atoms with E-state index in [0.717, 1.165) is 4.90 Å². The lowest BCUT2D eigenvalue weighted by atomic mass is 10.0. The molecule has 0 heterocycles. The molecule has 0 aliphatic rings. The first-order chi connectivity index (χ1) is 6.52. The van der Waals surface area contributed by atoms with Crippen molar-refractivity contribution in [3.05, 3.63) is 0 Å². The molecule has 0 unspecified atom stereocenters. The van der Waals surface area contributed by atoms with E-state index < -0.39 is 18.1 Å². The third-order valence-corrected chi connectivity index (χ3v) is 1.99. The lowest BCUT2D eigenvalue weighted by Crippen LogP contribution is -2.55. The van der Waals surface area contributed by atoms with Crippen LogP contribution in [-0.2, 0) is 4.79 Å². The van der Waals surface area contributed by atoms with Crippen molar-refractivity contribution in [3.63, 3.8) is 0 Å². The summed E-state index contributed by atoms with van der Waals surface area (Å²) in [6, 6.07) is 3.50. The highest BCUT2D eigenvalue weighted by molar-refractivity contribution is 5.78. The van der Waals surface area contributed by atoms with Crippen molar-refractivity contribution in [1.29, 1.82) is 10.5 Å². The van der Waals surface area contributed by atoms with Crippen molar-refractivity contribution in [2.45, 2.75) is 12.5 Å². The maximum absolute atomic E-state index is 10.8. The number of aliphatic hydroxyl groups is 1. The predicted molar refractivity (Wildman–Crippen MR) is 45.9 cm³/mol. The van der Waals surface area contributed by atoms with Gasteiger partial charge in [-0.2, -0.15) is 10.5 Å². The van der Waals surface area contributed by atoms with Gasteiger partial charge in [-0.3, -0.25) is 9.69 Å². The molecule has 0 saturated carbocycles. The average molecular weight is 197 g/mol. The summed E-state index contributed by atoms with van der Waals surface area (Å²) in [5.74, 6) is -1.26. The second-order valence-corrected chi connectivity index (χ2v) is 2.91. The molecule has 0 saturated heterocycles. The molecule has 6 heteroatoms. The summed E-state index contributed by atoms with van der Waals surface area (Å²) < 4.78 is 0. The van der Waals surface area contributed by atoms with Crippen molar-refractivity contribution in [3.8, 4) is 12.1 Å². The molecule has 0 bridgehead atoms. The number of aliphatic hydroxyl groups excluding tert-OH is 1. The van der Waals surface area contributed by atoms with Crippen molar-refractivity contribution in [2.75, 3.05) is 19.7 Å². The Labute approximate surface area is 81.6 Å². The van der Waals surface area contributed by atoms with Crippen LogP contribution < -0.4 is 0 Å². The van der Waals surface area contributed by atoms with Crippen LogP contribution in [-0.4, -0.2) is 46.3 Å². The van der Waals surface area contributed by atoms with Gasteiger partial charge in [-0.15, -0.1) is 0 Å². The van der Waals surface area contributed by atoms with E-state index in [1.807, 2.05) is 0 Å². The molecule has 0 aromatic rings. The second kappa shape index (κ2) is 5.18. The minimum Gasteiger partial charge on any atom is -0.480 e. The number of carbonyl (C=O) groups is 1. The Morgan fingerprint density at radius 3 is 2.07 bits per heavy atom. The van der Waals surface area contributed by atoms with Gasteiger partial charge < -0.3 is 10.2 Å². The fourth-order valence-corrected chi connectivity index (χ4v) is 0.878. The van der Waals surface area contributed by atoms with Crippen molar-refractivity contribution in [2.24, 2.45) is 0 Å². The Morgan fingerprint density at radius 2 is 1.86 bits per heavy atom. The van der Waals surface area contributed by atoms with Gasteiger partial charge >= 0.3 is 5.97 Å². The summed E-state index contributed by atoms with van der Waals surface area (Å²) in [4.78, 5) is 11.9. The first-order valence-electron chi connectivity index (χ1n) is 3.86. The summed E-state index contributed by atoms with van der Waals surface area (Å²) in [6.07, 6.45) is 0. The first-order valence-corrected chi connectivity index (χ1v) is 3.86. The maximum Gasteiger partial charge on any atom is 0.326 e. The minimum absolute atomic E-state index is 0.211. The average Bonchev–Trinajstić information content (AvgIpc) is 2.16. The van der Waals surface area contributed by atoms with E-state index >= 15 is 0 Å². The van der Waals surface area contributed by atoms with E-state index in [0.29, 0.717) is 0 Å². The van der Waals surface area contributed by atoms with Crippen LogP contribution in [0, 0.1) is 22.7 Å². The van der Waals surface area contributed by atoms with Gasteiger partial charge in [0.2, 0.25) is 0 Å². The standard InChI is InChI=1S/C8H11N3O3/c1-8(6-12,7(13)14)11(4-2-9)5-3-10/h12H,4-6H2,1H3,(H,13,14)/t8-/m0/s1. The number of nitriles is 2. The molecule has 76 valence electrons. The number of nitrogens with zero attached hydrogens (tertiary/aromatic N) is 3. The predicted octanol–water partition coefficient (Wildman–Crippen LogP) is -0.829. The van der Waals surface area contributed by atoms with Gasteiger partial charge in [0.05, 0.1) is 31.8 Å². The van der Waals surface area contributed by atoms with Crippen LogP contribution in [0.25, 0.3) is 0 Å². The Morgan fingerprint density at radius 1 is 1.43 bits per heavy atom. The third kappa shape index (κ3) is 2.43. The van der Waals surface area contributed by atoms with Gasteiger partial charge in [0.15, 0.2) is 0 Å². The van der Waals surface area contributed by atoms with Crippen LogP contribution in [0.3, 0.4) is 0 Å². The number of hydrogen-bond acceptors (Lipinski definition) is 5. The fourth-order valence-electron chi connectivity index (χ4n) is 0.878. The van der Waals surface area contributed by atoms with Crippen molar-refractivity contribution < 1.29 is 15.0 Å². The highest BCUT2D eigenvalue weighted by Gasteiger charge is 2.38. The van der Waals surface area contributed by atoms with E-state index in [2.05, 4.69) is 0 Å². The Bertz CT molecular complexity index is 275. The number of rotatable bonds is 5. The van der Waals surface area contributed by atoms with E-state index in [4.69, 9.17) is 20.7 Å². The van der Waals surface area contributed by atoms with Crippen LogP contribution in [0.1, 0.15) is 6.92 Å². The molecule has 14 heavy (non-hydrogen) atoms. The number of carboxylic acids is 1. The Hall–Kier alpha value is -1.63. The molecule has 0 rings (SSSR count). The smallest absolute Gasteiger partial charge is 0.326 e. The topological polar surface area (TPSA) is 108 Å². The monoisotopic (exact) mass is 197 g/mol. The molecular weight excluding hydrogens is 186 g/mol. The molecule has 0 aromatic heterocycles. The lowest BCUT2D eigenvalue weighted by molar-refractivity contribution is -0.152. The van der Waals surface area contributed by atoms with Crippen LogP contribution >= 0.6 is 0 Å². The van der Waals surface area contributed by atoms with Gasteiger partial charge in [-0.1, -0.05) is 0 Å². The molecule has 0 aliphatic heterocycles. The Kier molecular flexibility index (Phi) is 4.57. The Balaban J connectivity index is 4.86. The molecular formula is C8H11N3O3. The molecule has 0 aliphatic carbocycles. The summed E-state index contributed by atoms with van der Waals surface area (Å²) in [5, 5.41) is 34.6. The van der Waals surface area contributed by atoms with Crippen molar-refractivity contribution >= 4 is 5.97 Å². The second-order valence-electron chi connectivity index (χ2n) is 2.91. The summed E-state index contributed by atoms with van der Waals surface area (Å²) >= 11 is 0. The zero-order chi connectivity index (χ0) is 11.2. The summed E-state index contributed by atoms with van der Waals surface area (Å²) in [6.45, 7) is 0.198. The highest BCUT2D eigenvalue weighted by atomic mass is 16.4. The van der Waals surface area contributed by atoms with E-state index in [1.165, 1.54) is 6.92 Å². The van der Waals surface area contributed by atoms with Crippen molar-refractivity contribution in [1.82, 2.24) is 4.90 Å². The zero-order valence-corrected chi connectivity index (χ0v) is 7.77. The SMILES string of the molecule is C[C@](CO)(C(=O)O)N(CC#N)CC#N. The van der Waals surface area contributed by atoms with Gasteiger partial charge in [-0.25, -0.2) is 0 Å². The van der Waals surface area contributed by atoms with Gasteiger partial charge in [0.1, 0.15) is 5.54 Å². The molecule has 6 nitrogen and oxygen atoms in total. The summed E-state index contributed by atoms with van der Waals surface area (Å²) in [5.41, 5.74) is -1.58. The van der Waals surface area contributed by atoms with Crippen LogP contribution in [0.2, 0.25) is 0 Å². The molecule has 0 spiro atoms. The number of carboxylic acid groups (broad SMARTS) is 1. The van der Waals surface area contributed by atoms with Crippen LogP contribution in [0.5, 0.6) is 0 Å². The molecule has 1 atom stereocenters. The number of aliphatic carboxylic acids is 1. The number of hydrogen-bond donors (Lipinski definition) is 2. The third-order valence-electron chi connectivity index (χ3n) is 1.99. The van der Waals surface area contributed by atoms with Crippen LogP contribution in [0.15, 0.2) is 0 Å². The normalized spacial score (nSPS) is 14.1. The highest BCUT2D eigenvalue weighted by Crippen LogP contribution is 2.13. The maximum atomic E-state index is 10.8. The summed E-state index contributed by atoms with van der Waals surface area (Å²) in [7, 11) is 0. The van der Waals surface area contributed by atoms with Gasteiger partial charge in [0.25, 0.3) is 0 Å². The van der Waals surface area contributed by atoms with E-state index in [1.54, 1.807) is 12.1 Å². The van der Waals surface area contributed by atoms with Crippen LogP contribution in [0.4, 0.5) is 0 Å². The molecule has 0 amide bonds. The quantitative estimate of drug-likeness (QED) is 0.557.